The Bertz CT molecular complexity index is 1170. The maximum atomic E-state index is 14.0. The van der Waals surface area contributed by atoms with E-state index >= 15 is 0 Å². The summed E-state index contributed by atoms with van der Waals surface area (Å²) >= 11 is 0. The van der Waals surface area contributed by atoms with Crippen LogP contribution >= 0.6 is 0 Å². The fourth-order valence-electron chi connectivity index (χ4n) is 3.21. The van der Waals surface area contributed by atoms with Gasteiger partial charge < -0.3 is 4.90 Å². The van der Waals surface area contributed by atoms with Gasteiger partial charge in [-0.1, -0.05) is 6.07 Å². The van der Waals surface area contributed by atoms with E-state index < -0.39 is 0 Å². The standard InChI is InChI=1S/C19H15FN6/c1-12-7-14(20)8-15-18(12)22-10-13(9-21)19(15)25(2)11-17-24-23-16-5-3-4-6-26(16)17/h3-8,10H,11H2,1-2H3. The first-order valence-electron chi connectivity index (χ1n) is 8.07. The van der Waals surface area contributed by atoms with E-state index in [0.29, 0.717) is 28.7 Å². The molecule has 4 rings (SSSR count). The van der Waals surface area contributed by atoms with Crippen LogP contribution < -0.4 is 4.90 Å². The van der Waals surface area contributed by atoms with Crippen LogP contribution in [0.3, 0.4) is 0 Å². The number of hydrogen-bond donors (Lipinski definition) is 0. The van der Waals surface area contributed by atoms with E-state index in [2.05, 4.69) is 21.3 Å². The second-order valence-electron chi connectivity index (χ2n) is 6.15. The third kappa shape index (κ3) is 2.52. The molecule has 0 unspecified atom stereocenters. The van der Waals surface area contributed by atoms with Crippen LogP contribution in [0.4, 0.5) is 10.1 Å². The van der Waals surface area contributed by atoms with E-state index in [1.807, 2.05) is 40.7 Å². The number of nitriles is 1. The number of halogens is 1. The zero-order chi connectivity index (χ0) is 18.3. The second kappa shape index (κ2) is 6.08. The highest BCUT2D eigenvalue weighted by molar-refractivity contribution is 5.96. The molecule has 0 N–H and O–H groups in total. The van der Waals surface area contributed by atoms with Crippen LogP contribution in [0.15, 0.2) is 42.7 Å². The molecule has 0 fully saturated rings. The van der Waals surface area contributed by atoms with Gasteiger partial charge in [0.25, 0.3) is 0 Å². The van der Waals surface area contributed by atoms with Gasteiger partial charge in [0.2, 0.25) is 0 Å². The first-order valence-corrected chi connectivity index (χ1v) is 8.07. The van der Waals surface area contributed by atoms with Crippen LogP contribution in [0.25, 0.3) is 16.6 Å². The molecule has 7 heteroatoms. The summed E-state index contributed by atoms with van der Waals surface area (Å²) in [5.41, 5.74) is 3.18. The van der Waals surface area contributed by atoms with Crippen molar-refractivity contribution in [3.05, 3.63) is 65.5 Å². The molecule has 0 aliphatic rings. The molecule has 0 spiro atoms. The molecule has 4 aromatic rings. The van der Waals surface area contributed by atoms with Crippen LogP contribution in [0, 0.1) is 24.1 Å². The molecule has 3 heterocycles. The summed E-state index contributed by atoms with van der Waals surface area (Å²) in [4.78, 5) is 6.21. The van der Waals surface area contributed by atoms with Crippen molar-refractivity contribution >= 4 is 22.2 Å². The lowest BCUT2D eigenvalue weighted by Gasteiger charge is -2.22. The van der Waals surface area contributed by atoms with Crippen LogP contribution in [-0.4, -0.2) is 26.6 Å². The van der Waals surface area contributed by atoms with E-state index in [-0.39, 0.29) is 5.82 Å². The average molecular weight is 346 g/mol. The minimum atomic E-state index is -0.352. The predicted molar refractivity (Wildman–Crippen MR) is 96.2 cm³/mol. The van der Waals surface area contributed by atoms with Crippen molar-refractivity contribution in [2.45, 2.75) is 13.5 Å². The number of aromatic nitrogens is 4. The van der Waals surface area contributed by atoms with Gasteiger partial charge >= 0.3 is 0 Å². The van der Waals surface area contributed by atoms with Gasteiger partial charge in [-0.25, -0.2) is 4.39 Å². The summed E-state index contributed by atoms with van der Waals surface area (Å²) in [7, 11) is 1.85. The van der Waals surface area contributed by atoms with E-state index in [4.69, 9.17) is 0 Å². The second-order valence-corrected chi connectivity index (χ2v) is 6.15. The summed E-state index contributed by atoms with van der Waals surface area (Å²) < 4.78 is 15.9. The van der Waals surface area contributed by atoms with Gasteiger partial charge in [-0.3, -0.25) is 9.38 Å². The molecule has 0 saturated carbocycles. The number of hydrogen-bond acceptors (Lipinski definition) is 5. The van der Waals surface area contributed by atoms with Crippen LogP contribution in [-0.2, 0) is 6.54 Å². The van der Waals surface area contributed by atoms with E-state index in [1.54, 1.807) is 6.92 Å². The maximum Gasteiger partial charge on any atom is 0.160 e. The van der Waals surface area contributed by atoms with Crippen LogP contribution in [0.5, 0.6) is 0 Å². The Balaban J connectivity index is 1.86. The number of rotatable bonds is 3. The van der Waals surface area contributed by atoms with Crippen LogP contribution in [0.1, 0.15) is 17.0 Å². The number of pyridine rings is 2. The number of benzene rings is 1. The van der Waals surface area contributed by atoms with Gasteiger partial charge in [-0.05, 0) is 36.8 Å². The third-order valence-electron chi connectivity index (χ3n) is 4.36. The van der Waals surface area contributed by atoms with Crippen molar-refractivity contribution in [3.63, 3.8) is 0 Å². The summed E-state index contributed by atoms with van der Waals surface area (Å²) in [6.07, 6.45) is 3.42. The van der Waals surface area contributed by atoms with Gasteiger partial charge in [0.05, 0.1) is 23.3 Å². The fourth-order valence-corrected chi connectivity index (χ4v) is 3.21. The molecule has 0 radical (unpaired) electrons. The van der Waals surface area contributed by atoms with Gasteiger partial charge in [0.15, 0.2) is 11.5 Å². The molecule has 3 aromatic heterocycles. The van der Waals surface area contributed by atoms with Crippen molar-refractivity contribution in [2.75, 3.05) is 11.9 Å². The number of anilines is 1. The first-order chi connectivity index (χ1) is 12.6. The molecule has 1 aromatic carbocycles. The Morgan fingerprint density at radius 1 is 1.27 bits per heavy atom. The highest BCUT2D eigenvalue weighted by Crippen LogP contribution is 2.31. The van der Waals surface area contributed by atoms with Crippen LogP contribution in [0.2, 0.25) is 0 Å². The Hall–Kier alpha value is -3.53. The van der Waals surface area contributed by atoms with E-state index in [9.17, 15) is 9.65 Å². The molecular weight excluding hydrogens is 331 g/mol. The number of fused-ring (bicyclic) bond motifs is 2. The molecular formula is C19H15FN6. The van der Waals surface area contributed by atoms with Crippen molar-refractivity contribution in [1.29, 1.82) is 5.26 Å². The molecule has 0 atom stereocenters. The third-order valence-corrected chi connectivity index (χ3v) is 4.36. The number of nitrogens with zero attached hydrogens (tertiary/aromatic N) is 6. The van der Waals surface area contributed by atoms with E-state index in [0.717, 1.165) is 17.0 Å². The highest BCUT2D eigenvalue weighted by Gasteiger charge is 2.17. The fraction of sp³-hybridized carbons (Fsp3) is 0.158. The van der Waals surface area contributed by atoms with Crippen molar-refractivity contribution in [3.8, 4) is 6.07 Å². The minimum absolute atomic E-state index is 0.352. The lowest BCUT2D eigenvalue weighted by atomic mass is 10.1. The zero-order valence-corrected chi connectivity index (χ0v) is 14.3. The average Bonchev–Trinajstić information content (AvgIpc) is 3.03. The van der Waals surface area contributed by atoms with Crippen molar-refractivity contribution in [1.82, 2.24) is 19.6 Å². The molecule has 0 aliphatic heterocycles. The van der Waals surface area contributed by atoms with E-state index in [1.165, 1.54) is 18.3 Å². The largest absolute Gasteiger partial charge is 0.365 e. The lowest BCUT2D eigenvalue weighted by molar-refractivity contribution is 0.628. The van der Waals surface area contributed by atoms with Crippen molar-refractivity contribution < 1.29 is 4.39 Å². The topological polar surface area (TPSA) is 70.1 Å². The predicted octanol–water partition coefficient (Wildman–Crippen LogP) is 3.23. The van der Waals surface area contributed by atoms with Crippen molar-refractivity contribution in [2.24, 2.45) is 0 Å². The van der Waals surface area contributed by atoms with Gasteiger partial charge in [0.1, 0.15) is 11.9 Å². The highest BCUT2D eigenvalue weighted by atomic mass is 19.1. The molecule has 0 amide bonds. The van der Waals surface area contributed by atoms with Gasteiger partial charge in [0, 0.05) is 24.8 Å². The molecule has 26 heavy (non-hydrogen) atoms. The maximum absolute atomic E-state index is 14.0. The monoisotopic (exact) mass is 346 g/mol. The normalized spacial score (nSPS) is 11.0. The Morgan fingerprint density at radius 2 is 2.12 bits per heavy atom. The SMILES string of the molecule is Cc1cc(F)cc2c(N(C)Cc3nnc4ccccn34)c(C#N)cnc12. The quantitative estimate of drug-likeness (QED) is 0.569. The van der Waals surface area contributed by atoms with Gasteiger partial charge in [-0.2, -0.15) is 5.26 Å². The smallest absolute Gasteiger partial charge is 0.160 e. The lowest BCUT2D eigenvalue weighted by Crippen LogP contribution is -2.20. The van der Waals surface area contributed by atoms with Gasteiger partial charge in [-0.15, -0.1) is 10.2 Å². The molecule has 0 aliphatic carbocycles. The Kier molecular flexibility index (Phi) is 3.73. The Morgan fingerprint density at radius 3 is 2.92 bits per heavy atom. The number of aryl methyl sites for hydroxylation is 1. The summed E-state index contributed by atoms with van der Waals surface area (Å²) in [6, 6.07) is 10.7. The molecule has 0 bridgehead atoms. The zero-order valence-electron chi connectivity index (χ0n) is 14.3. The molecule has 6 nitrogen and oxygen atoms in total. The Labute approximate surface area is 149 Å². The summed E-state index contributed by atoms with van der Waals surface area (Å²) in [5.74, 6) is 0.375. The summed E-state index contributed by atoms with van der Waals surface area (Å²) in [6.45, 7) is 2.22. The summed E-state index contributed by atoms with van der Waals surface area (Å²) in [5, 5.41) is 18.5. The molecule has 0 saturated heterocycles. The first kappa shape index (κ1) is 16.0. The minimum Gasteiger partial charge on any atom is -0.365 e. The molecule has 128 valence electrons.